The molecule has 0 aliphatic carbocycles. The molecule has 0 aromatic heterocycles. The van der Waals surface area contributed by atoms with Gasteiger partial charge in [-0.15, -0.1) is 0 Å². The third kappa shape index (κ3) is 5.42. The molecular weight excluding hydrogens is 361 g/mol. The molecule has 0 saturated carbocycles. The molecule has 0 aliphatic rings. The van der Waals surface area contributed by atoms with Crippen LogP contribution in [0.2, 0.25) is 10.0 Å². The zero-order valence-corrected chi connectivity index (χ0v) is 14.6. The van der Waals surface area contributed by atoms with E-state index in [-0.39, 0.29) is 11.3 Å². The number of halogens is 2. The van der Waals surface area contributed by atoms with Gasteiger partial charge in [-0.05, 0) is 36.2 Å². The van der Waals surface area contributed by atoms with E-state index in [0.29, 0.717) is 28.7 Å². The number of rotatable bonds is 6. The van der Waals surface area contributed by atoms with Crippen LogP contribution in [-0.4, -0.2) is 17.6 Å². The molecule has 0 unspecified atom stereocenters. The van der Waals surface area contributed by atoms with Gasteiger partial charge in [0, 0.05) is 12.7 Å². The minimum absolute atomic E-state index is 0.0817. The summed E-state index contributed by atoms with van der Waals surface area (Å²) in [5, 5.41) is 24.5. The molecule has 5 nitrogen and oxygen atoms in total. The highest BCUT2D eigenvalue weighted by atomic mass is 35.5. The van der Waals surface area contributed by atoms with Gasteiger partial charge in [-0.25, -0.2) is 0 Å². The predicted octanol–water partition coefficient (Wildman–Crippen LogP) is 3.88. The van der Waals surface area contributed by atoms with Crippen molar-refractivity contribution >= 4 is 34.8 Å². The Balaban J connectivity index is 1.92. The van der Waals surface area contributed by atoms with E-state index < -0.39 is 5.91 Å². The Hall–Kier alpha value is -2.68. The van der Waals surface area contributed by atoms with Gasteiger partial charge in [0.25, 0.3) is 5.91 Å². The number of nitriles is 1. The Bertz CT molecular complexity index is 827. The largest absolute Gasteiger partial charge is 0.508 e. The molecule has 128 valence electrons. The summed E-state index contributed by atoms with van der Waals surface area (Å²) < 4.78 is 0. The zero-order valence-electron chi connectivity index (χ0n) is 13.1. The average molecular weight is 376 g/mol. The van der Waals surface area contributed by atoms with Crippen molar-refractivity contribution in [3.8, 4) is 11.8 Å². The van der Waals surface area contributed by atoms with Gasteiger partial charge in [0.2, 0.25) is 0 Å². The number of amides is 1. The number of benzene rings is 2. The fourth-order valence-corrected chi connectivity index (χ4v) is 2.35. The van der Waals surface area contributed by atoms with Gasteiger partial charge in [-0.1, -0.05) is 41.4 Å². The minimum atomic E-state index is -0.494. The van der Waals surface area contributed by atoms with Gasteiger partial charge in [0.15, 0.2) is 0 Å². The normalized spacial score (nSPS) is 10.8. The third-order valence-electron chi connectivity index (χ3n) is 3.32. The van der Waals surface area contributed by atoms with Crippen molar-refractivity contribution in [1.82, 2.24) is 5.32 Å². The zero-order chi connectivity index (χ0) is 18.2. The molecule has 0 atom stereocenters. The summed E-state index contributed by atoms with van der Waals surface area (Å²) in [5.41, 5.74) is 1.38. The molecule has 0 heterocycles. The highest BCUT2D eigenvalue weighted by Crippen LogP contribution is 2.29. The van der Waals surface area contributed by atoms with Crippen molar-refractivity contribution < 1.29 is 9.90 Å². The molecule has 25 heavy (non-hydrogen) atoms. The number of carbonyl (C=O) groups is 1. The van der Waals surface area contributed by atoms with Gasteiger partial charge < -0.3 is 15.7 Å². The summed E-state index contributed by atoms with van der Waals surface area (Å²) in [6.45, 7) is 0.362. The highest BCUT2D eigenvalue weighted by molar-refractivity contribution is 6.43. The van der Waals surface area contributed by atoms with Crippen molar-refractivity contribution in [1.29, 1.82) is 5.26 Å². The Morgan fingerprint density at radius 2 is 1.92 bits per heavy atom. The lowest BCUT2D eigenvalue weighted by Gasteiger charge is -2.07. The first-order valence-electron chi connectivity index (χ1n) is 7.38. The van der Waals surface area contributed by atoms with Gasteiger partial charge in [-0.3, -0.25) is 4.79 Å². The number of phenolic OH excluding ortho intramolecular Hbond substituents is 1. The summed E-state index contributed by atoms with van der Waals surface area (Å²) >= 11 is 11.9. The number of hydrogen-bond acceptors (Lipinski definition) is 4. The molecular formula is C18H15Cl2N3O2. The van der Waals surface area contributed by atoms with Gasteiger partial charge in [-0.2, -0.15) is 5.26 Å². The van der Waals surface area contributed by atoms with Crippen LogP contribution in [0, 0.1) is 11.3 Å². The molecule has 0 aliphatic heterocycles. The second kappa shape index (κ2) is 8.97. The molecule has 0 radical (unpaired) electrons. The average Bonchev–Trinajstić information content (AvgIpc) is 2.60. The van der Waals surface area contributed by atoms with E-state index in [1.54, 1.807) is 42.5 Å². The van der Waals surface area contributed by atoms with Crippen LogP contribution in [0.4, 0.5) is 5.69 Å². The molecule has 0 fully saturated rings. The van der Waals surface area contributed by atoms with E-state index in [1.807, 2.05) is 6.07 Å². The predicted molar refractivity (Wildman–Crippen MR) is 98.6 cm³/mol. The van der Waals surface area contributed by atoms with E-state index in [1.165, 1.54) is 6.20 Å². The second-order valence-corrected chi connectivity index (χ2v) is 5.87. The maximum Gasteiger partial charge on any atom is 0.263 e. The van der Waals surface area contributed by atoms with Gasteiger partial charge in [0.1, 0.15) is 17.4 Å². The first kappa shape index (κ1) is 18.7. The van der Waals surface area contributed by atoms with Crippen molar-refractivity contribution in [2.24, 2.45) is 0 Å². The number of nitrogens with zero attached hydrogens (tertiary/aromatic N) is 1. The fraction of sp³-hybridized carbons (Fsp3) is 0.111. The molecule has 2 aromatic rings. The summed E-state index contributed by atoms with van der Waals surface area (Å²) in [6, 6.07) is 13.6. The maximum absolute atomic E-state index is 12.1. The molecule has 3 N–H and O–H groups in total. The first-order chi connectivity index (χ1) is 12.0. The Morgan fingerprint density at radius 1 is 1.20 bits per heavy atom. The molecule has 2 rings (SSSR count). The van der Waals surface area contributed by atoms with Crippen LogP contribution in [0.1, 0.15) is 5.56 Å². The number of nitrogens with one attached hydrogen (secondary N) is 2. The van der Waals surface area contributed by atoms with E-state index in [4.69, 9.17) is 28.5 Å². The molecule has 0 saturated heterocycles. The van der Waals surface area contributed by atoms with Crippen molar-refractivity contribution in [3.63, 3.8) is 0 Å². The van der Waals surface area contributed by atoms with Crippen LogP contribution >= 0.6 is 23.2 Å². The van der Waals surface area contributed by atoms with Crippen LogP contribution in [0.5, 0.6) is 5.75 Å². The fourth-order valence-electron chi connectivity index (χ4n) is 1.99. The molecule has 1 amide bonds. The summed E-state index contributed by atoms with van der Waals surface area (Å²) in [6.07, 6.45) is 1.87. The third-order valence-corrected chi connectivity index (χ3v) is 4.14. The SMILES string of the molecule is N#C/C(=C/Nc1cccc(Cl)c1Cl)C(=O)NCCc1ccc(O)cc1. The Morgan fingerprint density at radius 3 is 2.60 bits per heavy atom. The van der Waals surface area contributed by atoms with Crippen molar-refractivity contribution in [2.75, 3.05) is 11.9 Å². The van der Waals surface area contributed by atoms with E-state index in [2.05, 4.69) is 10.6 Å². The number of phenols is 1. The summed E-state index contributed by atoms with van der Waals surface area (Å²) in [5.74, 6) is -0.305. The monoisotopic (exact) mass is 375 g/mol. The lowest BCUT2D eigenvalue weighted by atomic mass is 10.1. The second-order valence-electron chi connectivity index (χ2n) is 5.09. The summed E-state index contributed by atoms with van der Waals surface area (Å²) in [7, 11) is 0. The van der Waals surface area contributed by atoms with E-state index in [9.17, 15) is 9.90 Å². The lowest BCUT2D eigenvalue weighted by Crippen LogP contribution is -2.27. The van der Waals surface area contributed by atoms with E-state index in [0.717, 1.165) is 5.56 Å². The van der Waals surface area contributed by atoms with Crippen LogP contribution in [0.3, 0.4) is 0 Å². The van der Waals surface area contributed by atoms with Crippen molar-refractivity contribution in [3.05, 3.63) is 69.8 Å². The first-order valence-corrected chi connectivity index (χ1v) is 8.14. The summed E-state index contributed by atoms with van der Waals surface area (Å²) in [4.78, 5) is 12.1. The van der Waals surface area contributed by atoms with E-state index >= 15 is 0 Å². The Labute approximate surface area is 155 Å². The van der Waals surface area contributed by atoms with Gasteiger partial charge in [0.05, 0.1) is 15.7 Å². The number of hydrogen-bond donors (Lipinski definition) is 3. The van der Waals surface area contributed by atoms with Crippen LogP contribution in [-0.2, 0) is 11.2 Å². The minimum Gasteiger partial charge on any atom is -0.508 e. The standard InChI is InChI=1S/C18H15Cl2N3O2/c19-15-2-1-3-16(17(15)20)23-11-13(10-21)18(25)22-9-8-12-4-6-14(24)7-5-12/h1-7,11,23-24H,8-9H2,(H,22,25)/b13-11-. The molecule has 0 spiro atoms. The molecule has 0 bridgehead atoms. The number of anilines is 1. The van der Waals surface area contributed by atoms with Crippen LogP contribution in [0.15, 0.2) is 54.2 Å². The smallest absolute Gasteiger partial charge is 0.263 e. The molecule has 7 heteroatoms. The van der Waals surface area contributed by atoms with Crippen LogP contribution in [0.25, 0.3) is 0 Å². The lowest BCUT2D eigenvalue weighted by molar-refractivity contribution is -0.117. The number of carbonyl (C=O) groups excluding carboxylic acids is 1. The number of aromatic hydroxyl groups is 1. The topological polar surface area (TPSA) is 85.2 Å². The van der Waals surface area contributed by atoms with Crippen molar-refractivity contribution in [2.45, 2.75) is 6.42 Å². The highest BCUT2D eigenvalue weighted by Gasteiger charge is 2.09. The van der Waals surface area contributed by atoms with Gasteiger partial charge >= 0.3 is 0 Å². The Kier molecular flexibility index (Phi) is 6.70. The molecule has 2 aromatic carbocycles. The quantitative estimate of drug-likeness (QED) is 0.528. The van der Waals surface area contributed by atoms with Crippen LogP contribution < -0.4 is 10.6 Å². The maximum atomic E-state index is 12.1.